The van der Waals surface area contributed by atoms with Crippen molar-refractivity contribution in [2.24, 2.45) is 0 Å². The van der Waals surface area contributed by atoms with Crippen LogP contribution in [-0.2, 0) is 4.79 Å². The molecule has 1 aromatic carbocycles. The molecule has 0 aromatic heterocycles. The molecule has 2 amide bonds. The third kappa shape index (κ3) is 3.81. The van der Waals surface area contributed by atoms with Crippen molar-refractivity contribution in [3.8, 4) is 0 Å². The molecule has 2 rings (SSSR count). The van der Waals surface area contributed by atoms with E-state index in [1.807, 2.05) is 6.07 Å². The van der Waals surface area contributed by atoms with Gasteiger partial charge in [-0.1, -0.05) is 31.0 Å². The highest BCUT2D eigenvalue weighted by atomic mass is 16.3. The number of nitrogens with one attached hydrogen (secondary N) is 2. The summed E-state index contributed by atoms with van der Waals surface area (Å²) in [5.41, 5.74) is 0.472. The predicted octanol–water partition coefficient (Wildman–Crippen LogP) is 0.836. The molecule has 1 aliphatic rings. The van der Waals surface area contributed by atoms with E-state index in [1.54, 1.807) is 24.3 Å². The molecule has 0 spiro atoms. The van der Waals surface area contributed by atoms with Crippen LogP contribution in [-0.4, -0.2) is 35.6 Å². The number of hydrogen-bond acceptors (Lipinski definition) is 3. The van der Waals surface area contributed by atoms with E-state index in [4.69, 9.17) is 0 Å². The lowest BCUT2D eigenvalue weighted by Gasteiger charge is -2.19. The number of amides is 2. The van der Waals surface area contributed by atoms with Gasteiger partial charge in [0.15, 0.2) is 0 Å². The summed E-state index contributed by atoms with van der Waals surface area (Å²) in [5.74, 6) is -0.671. The van der Waals surface area contributed by atoms with Gasteiger partial charge in [0.1, 0.15) is 6.04 Å². The van der Waals surface area contributed by atoms with Crippen LogP contribution in [0.25, 0.3) is 0 Å². The van der Waals surface area contributed by atoms with E-state index in [9.17, 15) is 14.7 Å². The second kappa shape index (κ2) is 7.05. The number of aliphatic hydroxyl groups is 1. The number of benzene rings is 1. The maximum absolute atomic E-state index is 12.0. The second-order valence-corrected chi connectivity index (χ2v) is 5.06. The molecule has 0 radical (unpaired) electrons. The number of carbonyl (C=O) groups is 2. The summed E-state index contributed by atoms with van der Waals surface area (Å²) in [5, 5.41) is 14.7. The van der Waals surface area contributed by atoms with E-state index >= 15 is 0 Å². The molecule has 108 valence electrons. The normalized spacial score (nSPS) is 16.6. The summed E-state index contributed by atoms with van der Waals surface area (Å²) >= 11 is 0. The van der Waals surface area contributed by atoms with Gasteiger partial charge in [0, 0.05) is 11.6 Å². The zero-order chi connectivity index (χ0) is 14.4. The van der Waals surface area contributed by atoms with Crippen LogP contribution in [0.15, 0.2) is 30.3 Å². The summed E-state index contributed by atoms with van der Waals surface area (Å²) in [7, 11) is 0. The molecule has 0 heterocycles. The first-order valence-corrected chi connectivity index (χ1v) is 6.98. The quantitative estimate of drug-likeness (QED) is 0.745. The van der Waals surface area contributed by atoms with Gasteiger partial charge < -0.3 is 15.7 Å². The monoisotopic (exact) mass is 276 g/mol. The number of carbonyl (C=O) groups excluding carboxylic acids is 2. The van der Waals surface area contributed by atoms with Gasteiger partial charge in [-0.05, 0) is 25.0 Å². The Morgan fingerprint density at radius 2 is 1.85 bits per heavy atom. The standard InChI is InChI=1S/C15H20N2O3/c18-10-13(15(20)16-12-8-4-5-9-12)17-14(19)11-6-2-1-3-7-11/h1-3,6-7,12-13,18H,4-5,8-10H2,(H,16,20)(H,17,19). The van der Waals surface area contributed by atoms with Crippen LogP contribution in [0.4, 0.5) is 0 Å². The molecule has 1 saturated carbocycles. The number of aliphatic hydroxyl groups excluding tert-OH is 1. The Morgan fingerprint density at radius 3 is 2.45 bits per heavy atom. The van der Waals surface area contributed by atoms with Gasteiger partial charge in [0.2, 0.25) is 5.91 Å². The summed E-state index contributed by atoms with van der Waals surface area (Å²) in [6.07, 6.45) is 4.17. The minimum Gasteiger partial charge on any atom is -0.394 e. The Kier molecular flexibility index (Phi) is 5.12. The fourth-order valence-corrected chi connectivity index (χ4v) is 2.40. The molecule has 5 nitrogen and oxygen atoms in total. The molecule has 1 aromatic rings. The predicted molar refractivity (Wildman–Crippen MR) is 75.2 cm³/mol. The maximum Gasteiger partial charge on any atom is 0.251 e. The Bertz CT molecular complexity index is 455. The SMILES string of the molecule is O=C(NC(CO)C(=O)NC1CCCC1)c1ccccc1. The van der Waals surface area contributed by atoms with Gasteiger partial charge in [0.25, 0.3) is 5.91 Å². The molecule has 0 saturated heterocycles. The molecular weight excluding hydrogens is 256 g/mol. The molecule has 1 unspecified atom stereocenters. The van der Waals surface area contributed by atoms with Crippen LogP contribution < -0.4 is 10.6 Å². The van der Waals surface area contributed by atoms with Crippen molar-refractivity contribution in [3.05, 3.63) is 35.9 Å². The lowest BCUT2D eigenvalue weighted by Crippen LogP contribution is -2.51. The average Bonchev–Trinajstić information content (AvgIpc) is 2.98. The van der Waals surface area contributed by atoms with E-state index < -0.39 is 12.6 Å². The summed E-state index contributed by atoms with van der Waals surface area (Å²) < 4.78 is 0. The van der Waals surface area contributed by atoms with Gasteiger partial charge in [-0.15, -0.1) is 0 Å². The zero-order valence-electron chi connectivity index (χ0n) is 11.3. The van der Waals surface area contributed by atoms with E-state index in [0.29, 0.717) is 5.56 Å². The first-order valence-electron chi connectivity index (χ1n) is 6.98. The molecular formula is C15H20N2O3. The molecule has 1 fully saturated rings. The highest BCUT2D eigenvalue weighted by Crippen LogP contribution is 2.17. The van der Waals surface area contributed by atoms with Gasteiger partial charge >= 0.3 is 0 Å². The van der Waals surface area contributed by atoms with Crippen LogP contribution in [0.5, 0.6) is 0 Å². The van der Waals surface area contributed by atoms with Crippen molar-refractivity contribution < 1.29 is 14.7 Å². The Labute approximate surface area is 118 Å². The van der Waals surface area contributed by atoms with Crippen molar-refractivity contribution in [1.82, 2.24) is 10.6 Å². The molecule has 3 N–H and O–H groups in total. The zero-order valence-corrected chi connectivity index (χ0v) is 11.3. The highest BCUT2D eigenvalue weighted by molar-refractivity contribution is 5.97. The van der Waals surface area contributed by atoms with E-state index in [-0.39, 0.29) is 17.9 Å². The number of rotatable bonds is 5. The summed E-state index contributed by atoms with van der Waals surface area (Å²) in [6, 6.07) is 7.92. The largest absolute Gasteiger partial charge is 0.394 e. The molecule has 0 aliphatic heterocycles. The Hall–Kier alpha value is -1.88. The van der Waals surface area contributed by atoms with Crippen molar-refractivity contribution in [2.75, 3.05) is 6.61 Å². The fourth-order valence-electron chi connectivity index (χ4n) is 2.40. The maximum atomic E-state index is 12.0. The van der Waals surface area contributed by atoms with Crippen LogP contribution in [0.3, 0.4) is 0 Å². The lowest BCUT2D eigenvalue weighted by molar-refractivity contribution is -0.124. The van der Waals surface area contributed by atoms with Crippen molar-refractivity contribution >= 4 is 11.8 Å². The van der Waals surface area contributed by atoms with Gasteiger partial charge in [-0.3, -0.25) is 9.59 Å². The molecule has 20 heavy (non-hydrogen) atoms. The van der Waals surface area contributed by atoms with Crippen LogP contribution in [0, 0.1) is 0 Å². The summed E-state index contributed by atoms with van der Waals surface area (Å²) in [4.78, 5) is 24.0. The van der Waals surface area contributed by atoms with Gasteiger partial charge in [0.05, 0.1) is 6.61 Å². The molecule has 1 atom stereocenters. The van der Waals surface area contributed by atoms with Crippen molar-refractivity contribution in [3.63, 3.8) is 0 Å². The van der Waals surface area contributed by atoms with Gasteiger partial charge in [-0.25, -0.2) is 0 Å². The Morgan fingerprint density at radius 1 is 1.20 bits per heavy atom. The topological polar surface area (TPSA) is 78.4 Å². The van der Waals surface area contributed by atoms with E-state index in [0.717, 1.165) is 25.7 Å². The smallest absolute Gasteiger partial charge is 0.251 e. The Balaban J connectivity index is 1.91. The second-order valence-electron chi connectivity index (χ2n) is 5.06. The van der Waals surface area contributed by atoms with Crippen LogP contribution in [0.1, 0.15) is 36.0 Å². The molecule has 1 aliphatic carbocycles. The van der Waals surface area contributed by atoms with Crippen LogP contribution >= 0.6 is 0 Å². The summed E-state index contributed by atoms with van der Waals surface area (Å²) in [6.45, 7) is -0.406. The van der Waals surface area contributed by atoms with Gasteiger partial charge in [-0.2, -0.15) is 0 Å². The third-order valence-corrected chi connectivity index (χ3v) is 3.54. The molecule has 0 bridgehead atoms. The van der Waals surface area contributed by atoms with E-state index in [1.165, 1.54) is 0 Å². The minimum atomic E-state index is -0.900. The average molecular weight is 276 g/mol. The minimum absolute atomic E-state index is 0.171. The fraction of sp³-hybridized carbons (Fsp3) is 0.467. The first kappa shape index (κ1) is 14.5. The lowest BCUT2D eigenvalue weighted by atomic mass is 10.2. The van der Waals surface area contributed by atoms with Crippen LogP contribution in [0.2, 0.25) is 0 Å². The third-order valence-electron chi connectivity index (χ3n) is 3.54. The van der Waals surface area contributed by atoms with Crippen molar-refractivity contribution in [1.29, 1.82) is 0 Å². The highest BCUT2D eigenvalue weighted by Gasteiger charge is 2.24. The van der Waals surface area contributed by atoms with E-state index in [2.05, 4.69) is 10.6 Å². The molecule has 5 heteroatoms. The number of hydrogen-bond donors (Lipinski definition) is 3. The van der Waals surface area contributed by atoms with Crippen molar-refractivity contribution in [2.45, 2.75) is 37.8 Å². The first-order chi connectivity index (χ1) is 9.70.